The highest BCUT2D eigenvalue weighted by molar-refractivity contribution is 5.90. The van der Waals surface area contributed by atoms with Crippen LogP contribution in [0.25, 0.3) is 10.9 Å². The minimum Gasteiger partial charge on any atom is -0.385 e. The summed E-state index contributed by atoms with van der Waals surface area (Å²) in [6.07, 6.45) is 1.74. The Hall–Kier alpha value is -1.72. The zero-order chi connectivity index (χ0) is 14.5. The summed E-state index contributed by atoms with van der Waals surface area (Å²) < 4.78 is 6.77. The molecule has 2 N–H and O–H groups in total. The van der Waals surface area contributed by atoms with Crippen LogP contribution < -0.4 is 5.73 Å². The third-order valence-corrected chi connectivity index (χ3v) is 3.45. The van der Waals surface area contributed by atoms with Crippen LogP contribution in [0, 0.1) is 0 Å². The lowest BCUT2D eigenvalue weighted by molar-refractivity contribution is -0.119. The molecule has 0 aliphatic carbocycles. The van der Waals surface area contributed by atoms with E-state index in [1.54, 1.807) is 11.8 Å². The van der Waals surface area contributed by atoms with Gasteiger partial charge in [-0.3, -0.25) is 9.48 Å². The van der Waals surface area contributed by atoms with Gasteiger partial charge in [0.1, 0.15) is 0 Å². The second kappa shape index (κ2) is 6.63. The van der Waals surface area contributed by atoms with Gasteiger partial charge in [0.05, 0.1) is 23.7 Å². The molecular formula is C15H21N3O2. The van der Waals surface area contributed by atoms with E-state index in [1.807, 2.05) is 31.3 Å². The number of ketones is 1. The number of nitrogens with zero attached hydrogens (tertiary/aromatic N) is 2. The molecule has 0 saturated heterocycles. The topological polar surface area (TPSA) is 70.1 Å². The lowest BCUT2D eigenvalue weighted by Crippen LogP contribution is -2.32. The number of hydrogen-bond acceptors (Lipinski definition) is 4. The summed E-state index contributed by atoms with van der Waals surface area (Å²) in [5.74, 6) is 0.0324. The van der Waals surface area contributed by atoms with E-state index in [2.05, 4.69) is 5.10 Å². The summed E-state index contributed by atoms with van der Waals surface area (Å²) in [5.41, 5.74) is 7.75. The average Bonchev–Trinajstić information content (AvgIpc) is 2.76. The Labute approximate surface area is 118 Å². The molecule has 0 saturated carbocycles. The molecule has 1 atom stereocenters. The number of rotatable bonds is 7. The summed E-state index contributed by atoms with van der Waals surface area (Å²) in [5, 5.41) is 5.44. The normalized spacial score (nSPS) is 12.8. The Balaban J connectivity index is 2.06. The van der Waals surface area contributed by atoms with Crippen LogP contribution in [0.4, 0.5) is 0 Å². The SMILES string of the molecule is COCCCC(N)C(=O)Cc1nn(C)c2ccccc12. The largest absolute Gasteiger partial charge is 0.385 e. The molecule has 0 amide bonds. The van der Waals surface area contributed by atoms with Gasteiger partial charge in [-0.2, -0.15) is 5.10 Å². The van der Waals surface area contributed by atoms with Crippen LogP contribution >= 0.6 is 0 Å². The molecule has 2 rings (SSSR count). The van der Waals surface area contributed by atoms with Crippen molar-refractivity contribution in [1.29, 1.82) is 0 Å². The summed E-state index contributed by atoms with van der Waals surface area (Å²) in [4.78, 5) is 12.1. The van der Waals surface area contributed by atoms with Crippen LogP contribution in [-0.4, -0.2) is 35.3 Å². The molecule has 0 aliphatic heterocycles. The number of para-hydroxylation sites is 1. The van der Waals surface area contributed by atoms with Gasteiger partial charge in [0.2, 0.25) is 0 Å². The molecule has 5 nitrogen and oxygen atoms in total. The smallest absolute Gasteiger partial charge is 0.155 e. The zero-order valence-corrected chi connectivity index (χ0v) is 12.0. The number of ether oxygens (including phenoxy) is 1. The summed E-state index contributed by atoms with van der Waals surface area (Å²) >= 11 is 0. The van der Waals surface area contributed by atoms with E-state index in [0.29, 0.717) is 13.0 Å². The number of Topliss-reactive ketones (excluding diaryl/α,β-unsaturated/α-hetero) is 1. The van der Waals surface area contributed by atoms with Crippen molar-refractivity contribution in [3.63, 3.8) is 0 Å². The Morgan fingerprint density at radius 1 is 1.45 bits per heavy atom. The van der Waals surface area contributed by atoms with Crippen LogP contribution in [0.5, 0.6) is 0 Å². The lowest BCUT2D eigenvalue weighted by Gasteiger charge is -2.09. The fourth-order valence-corrected chi connectivity index (χ4v) is 2.32. The summed E-state index contributed by atoms with van der Waals surface area (Å²) in [7, 11) is 3.53. The molecule has 0 radical (unpaired) electrons. The monoisotopic (exact) mass is 275 g/mol. The second-order valence-electron chi connectivity index (χ2n) is 4.97. The van der Waals surface area contributed by atoms with Crippen molar-refractivity contribution < 1.29 is 9.53 Å². The Morgan fingerprint density at radius 3 is 2.95 bits per heavy atom. The predicted molar refractivity (Wildman–Crippen MR) is 78.5 cm³/mol. The van der Waals surface area contributed by atoms with Crippen molar-refractivity contribution in [2.75, 3.05) is 13.7 Å². The summed E-state index contributed by atoms with van der Waals surface area (Å²) in [6, 6.07) is 7.46. The zero-order valence-electron chi connectivity index (χ0n) is 12.0. The molecule has 1 unspecified atom stereocenters. The molecule has 0 bridgehead atoms. The first-order chi connectivity index (χ1) is 9.63. The van der Waals surface area contributed by atoms with Crippen LogP contribution in [0.1, 0.15) is 18.5 Å². The van der Waals surface area contributed by atoms with Crippen molar-refractivity contribution >= 4 is 16.7 Å². The van der Waals surface area contributed by atoms with Crippen LogP contribution in [0.15, 0.2) is 24.3 Å². The number of fused-ring (bicyclic) bond motifs is 1. The van der Waals surface area contributed by atoms with Crippen molar-refractivity contribution in [1.82, 2.24) is 9.78 Å². The fraction of sp³-hybridized carbons (Fsp3) is 0.467. The molecule has 5 heteroatoms. The number of methoxy groups -OCH3 is 1. The van der Waals surface area contributed by atoms with E-state index in [4.69, 9.17) is 10.5 Å². The van der Waals surface area contributed by atoms with E-state index in [0.717, 1.165) is 23.0 Å². The maximum absolute atomic E-state index is 12.1. The molecule has 0 fully saturated rings. The van der Waals surface area contributed by atoms with Gasteiger partial charge in [-0.1, -0.05) is 18.2 Å². The molecule has 2 aromatic rings. The van der Waals surface area contributed by atoms with Gasteiger partial charge in [0, 0.05) is 26.2 Å². The molecule has 0 aliphatic rings. The molecule has 1 heterocycles. The molecule has 20 heavy (non-hydrogen) atoms. The maximum atomic E-state index is 12.1. The number of nitrogens with two attached hydrogens (primary N) is 1. The maximum Gasteiger partial charge on any atom is 0.155 e. The number of carbonyl (C=O) groups is 1. The molecule has 1 aromatic heterocycles. The Kier molecular flexibility index (Phi) is 4.87. The fourth-order valence-electron chi connectivity index (χ4n) is 2.32. The first-order valence-electron chi connectivity index (χ1n) is 6.81. The number of hydrogen-bond donors (Lipinski definition) is 1. The van der Waals surface area contributed by atoms with Gasteiger partial charge >= 0.3 is 0 Å². The van der Waals surface area contributed by atoms with Gasteiger partial charge < -0.3 is 10.5 Å². The van der Waals surface area contributed by atoms with Crippen LogP contribution in [-0.2, 0) is 23.0 Å². The highest BCUT2D eigenvalue weighted by Gasteiger charge is 2.17. The number of carbonyl (C=O) groups excluding carboxylic acids is 1. The quantitative estimate of drug-likeness (QED) is 0.776. The molecule has 108 valence electrons. The lowest BCUT2D eigenvalue weighted by atomic mass is 10.0. The number of benzene rings is 1. The van der Waals surface area contributed by atoms with E-state index in [-0.39, 0.29) is 12.2 Å². The molecular weight excluding hydrogens is 254 g/mol. The van der Waals surface area contributed by atoms with Crippen molar-refractivity contribution in [3.05, 3.63) is 30.0 Å². The second-order valence-corrected chi connectivity index (χ2v) is 4.97. The third-order valence-electron chi connectivity index (χ3n) is 3.45. The van der Waals surface area contributed by atoms with Crippen molar-refractivity contribution in [2.45, 2.75) is 25.3 Å². The van der Waals surface area contributed by atoms with E-state index in [9.17, 15) is 4.79 Å². The number of aryl methyl sites for hydroxylation is 1. The van der Waals surface area contributed by atoms with E-state index < -0.39 is 6.04 Å². The Bertz CT molecular complexity index is 592. The van der Waals surface area contributed by atoms with Gasteiger partial charge in [-0.15, -0.1) is 0 Å². The molecule has 1 aromatic carbocycles. The van der Waals surface area contributed by atoms with Gasteiger partial charge in [0.15, 0.2) is 5.78 Å². The predicted octanol–water partition coefficient (Wildman–Crippen LogP) is 1.44. The standard InChI is InChI=1S/C15H21N3O2/c1-18-14-8-4-3-6-11(14)13(17-18)10-15(19)12(16)7-5-9-20-2/h3-4,6,8,12H,5,7,9-10,16H2,1-2H3. The van der Waals surface area contributed by atoms with Crippen LogP contribution in [0.3, 0.4) is 0 Å². The van der Waals surface area contributed by atoms with Gasteiger partial charge in [0.25, 0.3) is 0 Å². The minimum atomic E-state index is -0.439. The van der Waals surface area contributed by atoms with Crippen molar-refractivity contribution in [2.24, 2.45) is 12.8 Å². The highest BCUT2D eigenvalue weighted by Crippen LogP contribution is 2.18. The average molecular weight is 275 g/mol. The van der Waals surface area contributed by atoms with Gasteiger partial charge in [-0.25, -0.2) is 0 Å². The van der Waals surface area contributed by atoms with E-state index in [1.165, 1.54) is 0 Å². The number of aromatic nitrogens is 2. The summed E-state index contributed by atoms with van der Waals surface area (Å²) in [6.45, 7) is 0.632. The van der Waals surface area contributed by atoms with E-state index >= 15 is 0 Å². The third kappa shape index (κ3) is 3.23. The molecule has 0 spiro atoms. The minimum absolute atomic E-state index is 0.0324. The van der Waals surface area contributed by atoms with Crippen LogP contribution in [0.2, 0.25) is 0 Å². The Morgan fingerprint density at radius 2 is 2.20 bits per heavy atom. The van der Waals surface area contributed by atoms with Gasteiger partial charge in [-0.05, 0) is 18.9 Å². The van der Waals surface area contributed by atoms with Crippen molar-refractivity contribution in [3.8, 4) is 0 Å². The first kappa shape index (κ1) is 14.7. The highest BCUT2D eigenvalue weighted by atomic mass is 16.5. The first-order valence-corrected chi connectivity index (χ1v) is 6.81.